The van der Waals surface area contributed by atoms with Crippen molar-refractivity contribution in [2.75, 3.05) is 26.2 Å². The molecule has 1 unspecified atom stereocenters. The van der Waals surface area contributed by atoms with E-state index in [1.807, 2.05) is 54.6 Å². The van der Waals surface area contributed by atoms with Crippen LogP contribution in [0, 0.1) is 0 Å². The van der Waals surface area contributed by atoms with Gasteiger partial charge in [0.05, 0.1) is 11.6 Å². The highest BCUT2D eigenvalue weighted by atomic mass is 16.5. The number of carbonyl (C=O) groups is 2. The van der Waals surface area contributed by atoms with Gasteiger partial charge in [-0.15, -0.1) is 0 Å². The standard InChI is InChI=1S/C28H29N3O4/c1-3-30(4-2)17-18-31-25(21-9-8-12-23(19-21)35-22-10-6-5-7-11-22)24(27(33)28(31)34)26(32)20-13-15-29-16-14-20/h5-16,19,25,32H,3-4,17-18H2,1-2H3. The highest BCUT2D eigenvalue weighted by Gasteiger charge is 2.46. The Morgan fingerprint density at radius 1 is 0.971 bits per heavy atom. The van der Waals surface area contributed by atoms with Crippen molar-refractivity contribution in [2.24, 2.45) is 0 Å². The second kappa shape index (κ2) is 11.0. The average molecular weight is 472 g/mol. The molecule has 0 spiro atoms. The summed E-state index contributed by atoms with van der Waals surface area (Å²) in [7, 11) is 0. The van der Waals surface area contributed by atoms with Crippen molar-refractivity contribution in [3.8, 4) is 11.5 Å². The number of pyridine rings is 1. The van der Waals surface area contributed by atoms with Gasteiger partial charge >= 0.3 is 0 Å². The van der Waals surface area contributed by atoms with Crippen LogP contribution in [0.2, 0.25) is 0 Å². The van der Waals surface area contributed by atoms with Crippen LogP contribution in [-0.4, -0.2) is 57.8 Å². The number of nitrogens with zero attached hydrogens (tertiary/aromatic N) is 3. The topological polar surface area (TPSA) is 83.0 Å². The molecule has 1 fully saturated rings. The average Bonchev–Trinajstić information content (AvgIpc) is 3.15. The van der Waals surface area contributed by atoms with Crippen molar-refractivity contribution in [3.63, 3.8) is 0 Å². The third-order valence-electron chi connectivity index (χ3n) is 6.20. The summed E-state index contributed by atoms with van der Waals surface area (Å²) in [5, 5.41) is 11.1. The quantitative estimate of drug-likeness (QED) is 0.278. The molecule has 2 heterocycles. The minimum Gasteiger partial charge on any atom is -0.507 e. The minimum absolute atomic E-state index is 0.0672. The number of aromatic nitrogens is 1. The Hall–Kier alpha value is -3.97. The number of likely N-dealkylation sites (N-methyl/N-ethyl adjacent to an activating group) is 1. The molecular formula is C28H29N3O4. The number of amides is 1. The molecule has 1 N–H and O–H groups in total. The predicted octanol–water partition coefficient (Wildman–Crippen LogP) is 4.64. The number of hydrogen-bond acceptors (Lipinski definition) is 6. The molecule has 0 saturated carbocycles. The Morgan fingerprint density at radius 3 is 2.34 bits per heavy atom. The number of ether oxygens (including phenoxy) is 1. The van der Waals surface area contributed by atoms with Gasteiger partial charge in [0.1, 0.15) is 17.3 Å². The van der Waals surface area contributed by atoms with Gasteiger partial charge < -0.3 is 19.6 Å². The lowest BCUT2D eigenvalue weighted by atomic mass is 9.95. The van der Waals surface area contributed by atoms with Crippen molar-refractivity contribution < 1.29 is 19.4 Å². The smallest absolute Gasteiger partial charge is 0.295 e. The number of hydrogen-bond donors (Lipinski definition) is 1. The molecule has 1 aromatic heterocycles. The Kier molecular flexibility index (Phi) is 7.57. The first kappa shape index (κ1) is 24.2. The van der Waals surface area contributed by atoms with E-state index in [0.29, 0.717) is 35.7 Å². The summed E-state index contributed by atoms with van der Waals surface area (Å²) in [5.74, 6) is -0.273. The fourth-order valence-corrected chi connectivity index (χ4v) is 4.28. The van der Waals surface area contributed by atoms with Crippen LogP contribution in [0.4, 0.5) is 0 Å². The number of ketones is 1. The van der Waals surface area contributed by atoms with Crippen molar-refractivity contribution in [3.05, 3.63) is 95.8 Å². The van der Waals surface area contributed by atoms with E-state index < -0.39 is 17.7 Å². The normalized spacial score (nSPS) is 17.2. The SMILES string of the molecule is CCN(CC)CCN1C(=O)C(=O)C(=C(O)c2ccncc2)C1c1cccc(Oc2ccccc2)c1. The molecule has 1 aliphatic rings. The highest BCUT2D eigenvalue weighted by molar-refractivity contribution is 6.46. The van der Waals surface area contributed by atoms with Crippen LogP contribution in [0.15, 0.2) is 84.7 Å². The van der Waals surface area contributed by atoms with E-state index in [-0.39, 0.29) is 11.3 Å². The first-order valence-corrected chi connectivity index (χ1v) is 11.8. The second-order valence-corrected chi connectivity index (χ2v) is 8.24. The number of benzene rings is 2. The third kappa shape index (κ3) is 5.25. The van der Waals surface area contributed by atoms with Gasteiger partial charge in [-0.2, -0.15) is 0 Å². The predicted molar refractivity (Wildman–Crippen MR) is 134 cm³/mol. The molecular weight excluding hydrogens is 442 g/mol. The van der Waals surface area contributed by atoms with Crippen LogP contribution in [0.3, 0.4) is 0 Å². The molecule has 1 amide bonds. The van der Waals surface area contributed by atoms with Crippen LogP contribution >= 0.6 is 0 Å². The fourth-order valence-electron chi connectivity index (χ4n) is 4.28. The molecule has 1 atom stereocenters. The Morgan fingerprint density at radius 2 is 1.66 bits per heavy atom. The molecule has 35 heavy (non-hydrogen) atoms. The Labute approximate surface area is 205 Å². The molecule has 2 aromatic carbocycles. The van der Waals surface area contributed by atoms with Gasteiger partial charge in [-0.05, 0) is 55.1 Å². The van der Waals surface area contributed by atoms with E-state index >= 15 is 0 Å². The first-order chi connectivity index (χ1) is 17.0. The number of aliphatic hydroxyl groups excluding tert-OH is 1. The van der Waals surface area contributed by atoms with E-state index in [2.05, 4.69) is 23.7 Å². The summed E-state index contributed by atoms with van der Waals surface area (Å²) in [6.07, 6.45) is 3.07. The van der Waals surface area contributed by atoms with Crippen molar-refractivity contribution in [1.29, 1.82) is 0 Å². The van der Waals surface area contributed by atoms with Gasteiger partial charge in [0.2, 0.25) is 0 Å². The molecule has 0 aliphatic carbocycles. The third-order valence-corrected chi connectivity index (χ3v) is 6.20. The van der Waals surface area contributed by atoms with E-state index in [1.54, 1.807) is 17.0 Å². The molecule has 0 radical (unpaired) electrons. The molecule has 1 saturated heterocycles. The van der Waals surface area contributed by atoms with Gasteiger partial charge in [-0.1, -0.05) is 44.2 Å². The minimum atomic E-state index is -0.738. The zero-order valence-electron chi connectivity index (χ0n) is 19.9. The van der Waals surface area contributed by atoms with Crippen LogP contribution in [0.25, 0.3) is 5.76 Å². The number of rotatable bonds is 9. The van der Waals surface area contributed by atoms with Crippen LogP contribution in [0.5, 0.6) is 11.5 Å². The number of para-hydroxylation sites is 1. The van der Waals surface area contributed by atoms with Crippen molar-refractivity contribution >= 4 is 17.4 Å². The van der Waals surface area contributed by atoms with Crippen molar-refractivity contribution in [2.45, 2.75) is 19.9 Å². The van der Waals surface area contributed by atoms with Gasteiger partial charge in [0.15, 0.2) is 0 Å². The van der Waals surface area contributed by atoms with Crippen LogP contribution in [-0.2, 0) is 9.59 Å². The molecule has 3 aromatic rings. The Balaban J connectivity index is 1.77. The summed E-state index contributed by atoms with van der Waals surface area (Å²) < 4.78 is 6.00. The fraction of sp³-hybridized carbons (Fsp3) is 0.250. The summed E-state index contributed by atoms with van der Waals surface area (Å²) >= 11 is 0. The lowest BCUT2D eigenvalue weighted by Gasteiger charge is -2.28. The number of Topliss-reactive ketones (excluding diaryl/α,β-unsaturated/α-hetero) is 1. The van der Waals surface area contributed by atoms with E-state index in [0.717, 1.165) is 13.1 Å². The van der Waals surface area contributed by atoms with E-state index in [4.69, 9.17) is 4.74 Å². The monoisotopic (exact) mass is 471 g/mol. The number of carbonyl (C=O) groups excluding carboxylic acids is 2. The van der Waals surface area contributed by atoms with Gasteiger partial charge in [0, 0.05) is 31.0 Å². The summed E-state index contributed by atoms with van der Waals surface area (Å²) in [6, 6.07) is 19.2. The zero-order valence-corrected chi connectivity index (χ0v) is 19.9. The maximum Gasteiger partial charge on any atom is 0.295 e. The maximum atomic E-state index is 13.2. The Bertz CT molecular complexity index is 1210. The van der Waals surface area contributed by atoms with E-state index in [1.165, 1.54) is 12.4 Å². The lowest BCUT2D eigenvalue weighted by Crippen LogP contribution is -2.38. The molecule has 4 rings (SSSR count). The first-order valence-electron chi connectivity index (χ1n) is 11.8. The summed E-state index contributed by atoms with van der Waals surface area (Å²) in [5.41, 5.74) is 1.19. The molecule has 180 valence electrons. The summed E-state index contributed by atoms with van der Waals surface area (Å²) in [4.78, 5) is 34.1. The van der Waals surface area contributed by atoms with Crippen LogP contribution in [0.1, 0.15) is 31.0 Å². The largest absolute Gasteiger partial charge is 0.507 e. The molecule has 7 heteroatoms. The van der Waals surface area contributed by atoms with Gasteiger partial charge in [-0.3, -0.25) is 14.6 Å². The molecule has 7 nitrogen and oxygen atoms in total. The number of likely N-dealkylation sites (tertiary alicyclic amines) is 1. The lowest BCUT2D eigenvalue weighted by molar-refractivity contribution is -0.140. The van der Waals surface area contributed by atoms with Crippen molar-refractivity contribution in [1.82, 2.24) is 14.8 Å². The maximum absolute atomic E-state index is 13.2. The van der Waals surface area contributed by atoms with Crippen LogP contribution < -0.4 is 4.74 Å². The zero-order chi connectivity index (χ0) is 24.8. The number of aliphatic hydroxyl groups is 1. The second-order valence-electron chi connectivity index (χ2n) is 8.24. The molecule has 0 bridgehead atoms. The summed E-state index contributed by atoms with van der Waals surface area (Å²) in [6.45, 7) is 6.76. The van der Waals surface area contributed by atoms with Gasteiger partial charge in [0.25, 0.3) is 11.7 Å². The van der Waals surface area contributed by atoms with Gasteiger partial charge in [-0.25, -0.2) is 0 Å². The molecule has 1 aliphatic heterocycles. The highest BCUT2D eigenvalue weighted by Crippen LogP contribution is 2.40. The van der Waals surface area contributed by atoms with E-state index in [9.17, 15) is 14.7 Å².